The average molecular weight is 534 g/mol. The molecule has 3 rings (SSSR count). The van der Waals surface area contributed by atoms with Gasteiger partial charge in [-0.05, 0) is 32.0 Å². The first-order valence-corrected chi connectivity index (χ1v) is 11.5. The second-order valence-electron chi connectivity index (χ2n) is 7.42. The summed E-state index contributed by atoms with van der Waals surface area (Å²) in [5, 5.41) is 0. The molecule has 2 aliphatic heterocycles. The molecule has 2 aliphatic rings. The van der Waals surface area contributed by atoms with Gasteiger partial charge in [0.15, 0.2) is 0 Å². The zero-order valence-electron chi connectivity index (χ0n) is 18.5. The van der Waals surface area contributed by atoms with Gasteiger partial charge in [0.1, 0.15) is 15.6 Å². The van der Waals surface area contributed by atoms with Crippen LogP contribution in [0.25, 0.3) is 5.57 Å². The highest BCUT2D eigenvalue weighted by molar-refractivity contribution is 8.29. The molecule has 34 heavy (non-hydrogen) atoms. The molecule has 1 aromatic rings. The fourth-order valence-corrected chi connectivity index (χ4v) is 6.45. The molecule has 0 N–H and O–H groups in total. The van der Waals surface area contributed by atoms with Gasteiger partial charge in [-0.2, -0.15) is 13.2 Å². The van der Waals surface area contributed by atoms with Gasteiger partial charge in [0.25, 0.3) is 0 Å². The second kappa shape index (κ2) is 9.27. The van der Waals surface area contributed by atoms with E-state index in [0.29, 0.717) is 20.5 Å². The first-order valence-electron chi connectivity index (χ1n) is 9.45. The quantitative estimate of drug-likeness (QED) is 0.318. The van der Waals surface area contributed by atoms with E-state index in [1.807, 2.05) is 0 Å². The fourth-order valence-electron chi connectivity index (χ4n) is 3.42. The summed E-state index contributed by atoms with van der Waals surface area (Å²) in [5.41, 5.74) is -1.13. The Kier molecular flexibility index (Phi) is 7.11. The number of nitrogens with zero attached hydrogens (tertiary/aromatic N) is 1. The molecular formula is C21H18F3NO6S3. The van der Waals surface area contributed by atoms with Crippen LogP contribution in [-0.2, 0) is 23.9 Å². The number of carbonyl (C=O) groups excluding carboxylic acids is 3. The molecule has 0 atom stereocenters. The number of anilines is 1. The molecule has 0 bridgehead atoms. The standard InChI is InChI=1S/C21H18F3NO6S3/c1-20(2)15(32)12(18-33-13(16(26)30-4)14(34-18)17(27)31-5)10-8-9(29-3)6-7-11(10)25(20)19(28)21(22,23)24/h6-8H,1-5H3. The maximum atomic E-state index is 13.5. The lowest BCUT2D eigenvalue weighted by Crippen LogP contribution is -2.59. The molecular weight excluding hydrogens is 515 g/mol. The number of thioether (sulfide) groups is 2. The number of hydrogen-bond donors (Lipinski definition) is 0. The number of carbonyl (C=O) groups is 3. The van der Waals surface area contributed by atoms with E-state index in [9.17, 15) is 27.6 Å². The lowest BCUT2D eigenvalue weighted by Gasteiger charge is -2.45. The van der Waals surface area contributed by atoms with E-state index >= 15 is 0 Å². The van der Waals surface area contributed by atoms with Crippen LogP contribution in [0.2, 0.25) is 0 Å². The number of rotatable bonds is 3. The van der Waals surface area contributed by atoms with E-state index in [2.05, 4.69) is 0 Å². The van der Waals surface area contributed by atoms with Crippen molar-refractivity contribution >= 4 is 69.7 Å². The molecule has 7 nitrogen and oxygen atoms in total. The first kappa shape index (κ1) is 26.1. The van der Waals surface area contributed by atoms with Crippen molar-refractivity contribution in [2.45, 2.75) is 25.6 Å². The molecule has 0 fully saturated rings. The second-order valence-corrected chi connectivity index (χ2v) is 10.1. The molecule has 0 aliphatic carbocycles. The van der Waals surface area contributed by atoms with Crippen molar-refractivity contribution in [3.05, 3.63) is 37.8 Å². The highest BCUT2D eigenvalue weighted by atomic mass is 32.2. The van der Waals surface area contributed by atoms with Gasteiger partial charge < -0.3 is 14.2 Å². The third-order valence-corrected chi connectivity index (χ3v) is 8.30. The van der Waals surface area contributed by atoms with Gasteiger partial charge in [-0.3, -0.25) is 9.69 Å². The predicted octanol–water partition coefficient (Wildman–Crippen LogP) is 4.46. The Balaban J connectivity index is 2.30. The number of esters is 2. The number of hydrogen-bond acceptors (Lipinski definition) is 9. The number of alkyl halides is 3. The van der Waals surface area contributed by atoms with Crippen LogP contribution >= 0.6 is 35.7 Å². The van der Waals surface area contributed by atoms with Crippen molar-refractivity contribution in [3.8, 4) is 5.75 Å². The van der Waals surface area contributed by atoms with Gasteiger partial charge in [0, 0.05) is 11.1 Å². The van der Waals surface area contributed by atoms with Crippen LogP contribution in [-0.4, -0.2) is 55.8 Å². The average Bonchev–Trinajstić information content (AvgIpc) is 3.22. The minimum absolute atomic E-state index is 0.0104. The van der Waals surface area contributed by atoms with Gasteiger partial charge >= 0.3 is 24.0 Å². The minimum atomic E-state index is -5.15. The predicted molar refractivity (Wildman–Crippen MR) is 126 cm³/mol. The summed E-state index contributed by atoms with van der Waals surface area (Å²) in [6, 6.07) is 4.21. The Morgan fingerprint density at radius 1 is 1.00 bits per heavy atom. The molecule has 0 spiro atoms. The first-order chi connectivity index (χ1) is 15.8. The molecule has 0 saturated heterocycles. The van der Waals surface area contributed by atoms with E-state index in [1.165, 1.54) is 39.2 Å². The lowest BCUT2D eigenvalue weighted by atomic mass is 9.83. The Morgan fingerprint density at radius 2 is 1.53 bits per heavy atom. The van der Waals surface area contributed by atoms with E-state index in [-0.39, 0.29) is 25.9 Å². The molecule has 0 aromatic heterocycles. The minimum Gasteiger partial charge on any atom is -0.497 e. The number of ether oxygens (including phenoxy) is 3. The van der Waals surface area contributed by atoms with Crippen molar-refractivity contribution in [2.75, 3.05) is 26.2 Å². The van der Waals surface area contributed by atoms with E-state index in [0.717, 1.165) is 37.7 Å². The Bertz CT molecular complexity index is 1140. The van der Waals surface area contributed by atoms with Gasteiger partial charge in [0.05, 0.1) is 41.7 Å². The van der Waals surface area contributed by atoms with Crippen LogP contribution in [0.15, 0.2) is 32.2 Å². The Hall–Kier alpha value is -2.51. The van der Waals surface area contributed by atoms with Crippen LogP contribution < -0.4 is 9.64 Å². The Morgan fingerprint density at radius 3 is 1.97 bits per heavy atom. The molecule has 2 heterocycles. The molecule has 0 unspecified atom stereocenters. The summed E-state index contributed by atoms with van der Waals surface area (Å²) in [6.45, 7) is 2.79. The summed E-state index contributed by atoms with van der Waals surface area (Å²) in [5.74, 6) is -3.34. The summed E-state index contributed by atoms with van der Waals surface area (Å²) in [7, 11) is 3.68. The van der Waals surface area contributed by atoms with Gasteiger partial charge in [-0.15, -0.1) is 0 Å². The van der Waals surface area contributed by atoms with Crippen LogP contribution in [0.5, 0.6) is 5.75 Å². The lowest BCUT2D eigenvalue weighted by molar-refractivity contribution is -0.171. The van der Waals surface area contributed by atoms with Crippen molar-refractivity contribution in [3.63, 3.8) is 0 Å². The van der Waals surface area contributed by atoms with Gasteiger partial charge in [-0.1, -0.05) is 35.7 Å². The molecule has 0 saturated carbocycles. The van der Waals surface area contributed by atoms with Gasteiger partial charge in [-0.25, -0.2) is 9.59 Å². The number of methoxy groups -OCH3 is 3. The summed E-state index contributed by atoms with van der Waals surface area (Å²) < 4.78 is 55.6. The topological polar surface area (TPSA) is 82.1 Å². The third-order valence-electron chi connectivity index (χ3n) is 5.04. The summed E-state index contributed by atoms with van der Waals surface area (Å²) in [6.07, 6.45) is -5.15. The summed E-state index contributed by atoms with van der Waals surface area (Å²) in [4.78, 5) is 37.6. The highest BCUT2D eigenvalue weighted by Gasteiger charge is 2.53. The molecule has 182 valence electrons. The van der Waals surface area contributed by atoms with Crippen molar-refractivity contribution in [2.24, 2.45) is 0 Å². The molecule has 0 radical (unpaired) electrons. The Labute approximate surface area is 206 Å². The van der Waals surface area contributed by atoms with Crippen molar-refractivity contribution in [1.82, 2.24) is 0 Å². The fraction of sp³-hybridized carbons (Fsp3) is 0.333. The van der Waals surface area contributed by atoms with E-state index in [4.69, 9.17) is 26.4 Å². The number of halogens is 3. The number of fused-ring (bicyclic) bond motifs is 1. The summed E-state index contributed by atoms with van der Waals surface area (Å²) >= 11 is 7.39. The van der Waals surface area contributed by atoms with Crippen molar-refractivity contribution < 1.29 is 41.8 Å². The highest BCUT2D eigenvalue weighted by Crippen LogP contribution is 2.56. The monoisotopic (exact) mass is 533 g/mol. The molecule has 13 heteroatoms. The maximum Gasteiger partial charge on any atom is 0.471 e. The van der Waals surface area contributed by atoms with E-state index < -0.39 is 29.6 Å². The van der Waals surface area contributed by atoms with Crippen LogP contribution in [0.1, 0.15) is 19.4 Å². The largest absolute Gasteiger partial charge is 0.497 e. The molecule has 1 amide bonds. The maximum absolute atomic E-state index is 13.5. The number of benzene rings is 1. The SMILES string of the molecule is COC(=O)C1=C(C(=O)OC)SC(=C2C(=S)C(C)(C)N(C(=O)C(F)(F)F)c3ccc(OC)cc32)S1. The number of thiocarbonyl (C=S) groups is 1. The van der Waals surface area contributed by atoms with Gasteiger partial charge in [0.2, 0.25) is 0 Å². The smallest absolute Gasteiger partial charge is 0.471 e. The van der Waals surface area contributed by atoms with E-state index in [1.54, 1.807) is 0 Å². The normalized spacial score (nSPS) is 17.5. The third kappa shape index (κ3) is 4.31. The molecule has 1 aromatic carbocycles. The van der Waals surface area contributed by atoms with Crippen LogP contribution in [0, 0.1) is 0 Å². The zero-order valence-corrected chi connectivity index (χ0v) is 20.9. The van der Waals surface area contributed by atoms with Crippen LogP contribution in [0.3, 0.4) is 0 Å². The van der Waals surface area contributed by atoms with Crippen molar-refractivity contribution in [1.29, 1.82) is 0 Å². The zero-order chi connectivity index (χ0) is 25.6. The van der Waals surface area contributed by atoms with Crippen LogP contribution in [0.4, 0.5) is 18.9 Å². The number of amides is 1.